The molecule has 1 rings (SSSR count). The largest absolute Gasteiger partial charge is 0.396 e. The number of aromatic nitrogens is 1. The number of rotatable bonds is 6. The van der Waals surface area contributed by atoms with Gasteiger partial charge in [0, 0.05) is 36.2 Å². The average molecular weight is 272 g/mol. The Labute approximate surface area is 110 Å². The van der Waals surface area contributed by atoms with Gasteiger partial charge in [0.25, 0.3) is 0 Å². The highest BCUT2D eigenvalue weighted by Crippen LogP contribution is 2.09. The standard InChI is InChI=1S/C12H20N2O3S/c1-8(5-7-15)13-11(16)4-6-14-9(2)10(3)18-12(14)17/h8,15H,4-7H2,1-3H3,(H,13,16). The molecule has 0 radical (unpaired) electrons. The SMILES string of the molecule is Cc1sc(=O)n(CCC(=O)NC(C)CCO)c1C. The van der Waals surface area contributed by atoms with Crippen molar-refractivity contribution in [3.63, 3.8) is 0 Å². The lowest BCUT2D eigenvalue weighted by atomic mass is 10.2. The molecule has 2 N–H and O–H groups in total. The summed E-state index contributed by atoms with van der Waals surface area (Å²) in [6.07, 6.45) is 0.828. The number of hydrogen-bond acceptors (Lipinski definition) is 4. The van der Waals surface area contributed by atoms with E-state index in [0.717, 1.165) is 10.6 Å². The number of aryl methyl sites for hydroxylation is 1. The van der Waals surface area contributed by atoms with E-state index in [4.69, 9.17) is 5.11 Å². The summed E-state index contributed by atoms with van der Waals surface area (Å²) in [6.45, 7) is 6.11. The minimum atomic E-state index is -0.0916. The average Bonchev–Trinajstić information content (AvgIpc) is 2.51. The maximum absolute atomic E-state index is 11.6. The Kier molecular flexibility index (Phi) is 5.55. The van der Waals surface area contributed by atoms with Crippen molar-refractivity contribution in [2.24, 2.45) is 0 Å². The monoisotopic (exact) mass is 272 g/mol. The molecule has 1 aromatic heterocycles. The van der Waals surface area contributed by atoms with Crippen molar-refractivity contribution >= 4 is 17.2 Å². The lowest BCUT2D eigenvalue weighted by Crippen LogP contribution is -2.34. The Morgan fingerprint density at radius 2 is 2.17 bits per heavy atom. The van der Waals surface area contributed by atoms with Gasteiger partial charge in [-0.15, -0.1) is 0 Å². The Balaban J connectivity index is 2.50. The first-order chi connectivity index (χ1) is 8.45. The van der Waals surface area contributed by atoms with Gasteiger partial charge in [0.1, 0.15) is 0 Å². The highest BCUT2D eigenvalue weighted by molar-refractivity contribution is 7.09. The molecule has 1 amide bonds. The Morgan fingerprint density at radius 1 is 1.50 bits per heavy atom. The molecule has 102 valence electrons. The second-order valence-corrected chi connectivity index (χ2v) is 5.56. The van der Waals surface area contributed by atoms with Gasteiger partial charge in [0.15, 0.2) is 0 Å². The van der Waals surface area contributed by atoms with E-state index in [1.807, 2.05) is 20.8 Å². The molecular weight excluding hydrogens is 252 g/mol. The quantitative estimate of drug-likeness (QED) is 0.805. The maximum Gasteiger partial charge on any atom is 0.307 e. The zero-order valence-electron chi connectivity index (χ0n) is 11.0. The van der Waals surface area contributed by atoms with Gasteiger partial charge in [0.2, 0.25) is 5.91 Å². The first-order valence-corrected chi connectivity index (χ1v) is 6.84. The third kappa shape index (κ3) is 3.96. The van der Waals surface area contributed by atoms with Crippen molar-refractivity contribution in [1.29, 1.82) is 0 Å². The topological polar surface area (TPSA) is 71.3 Å². The molecular formula is C12H20N2O3S. The van der Waals surface area contributed by atoms with Crippen LogP contribution in [0.1, 0.15) is 30.3 Å². The summed E-state index contributed by atoms with van der Waals surface area (Å²) in [5.74, 6) is -0.0916. The molecule has 5 nitrogen and oxygen atoms in total. The summed E-state index contributed by atoms with van der Waals surface area (Å²) in [5, 5.41) is 11.5. The molecule has 0 spiro atoms. The van der Waals surface area contributed by atoms with Gasteiger partial charge in [0.05, 0.1) is 0 Å². The molecule has 0 aliphatic carbocycles. The van der Waals surface area contributed by atoms with Gasteiger partial charge < -0.3 is 15.0 Å². The van der Waals surface area contributed by atoms with E-state index in [-0.39, 0.29) is 29.8 Å². The molecule has 1 unspecified atom stereocenters. The van der Waals surface area contributed by atoms with E-state index in [1.165, 1.54) is 11.3 Å². The summed E-state index contributed by atoms with van der Waals surface area (Å²) < 4.78 is 1.64. The maximum atomic E-state index is 11.6. The van der Waals surface area contributed by atoms with Crippen LogP contribution < -0.4 is 10.2 Å². The van der Waals surface area contributed by atoms with Crippen LogP contribution >= 0.6 is 11.3 Å². The zero-order valence-corrected chi connectivity index (χ0v) is 11.8. The normalized spacial score (nSPS) is 12.4. The number of amides is 1. The Bertz CT molecular complexity index is 464. The van der Waals surface area contributed by atoms with Crippen molar-refractivity contribution in [2.75, 3.05) is 6.61 Å². The fraction of sp³-hybridized carbons (Fsp3) is 0.667. The molecule has 0 aliphatic rings. The number of aliphatic hydroxyl groups is 1. The van der Waals surface area contributed by atoms with Gasteiger partial charge in [-0.2, -0.15) is 0 Å². The third-order valence-electron chi connectivity index (χ3n) is 2.91. The van der Waals surface area contributed by atoms with Gasteiger partial charge in [-0.3, -0.25) is 9.59 Å². The van der Waals surface area contributed by atoms with Crippen LogP contribution in [0.3, 0.4) is 0 Å². The summed E-state index contributed by atoms with van der Waals surface area (Å²) in [6, 6.07) is -0.0375. The zero-order chi connectivity index (χ0) is 13.7. The van der Waals surface area contributed by atoms with Crippen LogP contribution in [-0.2, 0) is 11.3 Å². The molecule has 1 heterocycles. The number of carbonyl (C=O) groups excluding carboxylic acids is 1. The number of nitrogens with one attached hydrogen (secondary N) is 1. The first kappa shape index (κ1) is 14.9. The molecule has 0 aromatic carbocycles. The predicted molar refractivity (Wildman–Crippen MR) is 72.0 cm³/mol. The minimum Gasteiger partial charge on any atom is -0.396 e. The molecule has 1 atom stereocenters. The summed E-state index contributed by atoms with van der Waals surface area (Å²) in [4.78, 5) is 24.2. The number of hydrogen-bond donors (Lipinski definition) is 2. The number of aliphatic hydroxyl groups excluding tert-OH is 1. The van der Waals surface area contributed by atoms with E-state index in [2.05, 4.69) is 5.32 Å². The van der Waals surface area contributed by atoms with E-state index in [0.29, 0.717) is 13.0 Å². The number of thiazole rings is 1. The van der Waals surface area contributed by atoms with Crippen molar-refractivity contribution < 1.29 is 9.90 Å². The van der Waals surface area contributed by atoms with Crippen LogP contribution in [0, 0.1) is 13.8 Å². The number of nitrogens with zero attached hydrogens (tertiary/aromatic N) is 1. The summed E-state index contributed by atoms with van der Waals surface area (Å²) >= 11 is 1.21. The smallest absolute Gasteiger partial charge is 0.307 e. The lowest BCUT2D eigenvalue weighted by molar-refractivity contribution is -0.122. The second-order valence-electron chi connectivity index (χ2n) is 4.39. The Morgan fingerprint density at radius 3 is 2.67 bits per heavy atom. The third-order valence-corrected chi connectivity index (χ3v) is 3.90. The predicted octanol–water partition coefficient (Wildman–Crippen LogP) is 0.804. The van der Waals surface area contributed by atoms with Gasteiger partial charge in [-0.1, -0.05) is 11.3 Å². The minimum absolute atomic E-state index is 0.0128. The molecule has 0 saturated carbocycles. The van der Waals surface area contributed by atoms with Gasteiger partial charge in [-0.25, -0.2) is 0 Å². The highest BCUT2D eigenvalue weighted by atomic mass is 32.1. The van der Waals surface area contributed by atoms with E-state index in [1.54, 1.807) is 4.57 Å². The van der Waals surface area contributed by atoms with Crippen LogP contribution in [0.25, 0.3) is 0 Å². The van der Waals surface area contributed by atoms with Crippen LogP contribution in [0.4, 0.5) is 0 Å². The van der Waals surface area contributed by atoms with Crippen LogP contribution in [-0.4, -0.2) is 28.2 Å². The summed E-state index contributed by atoms with van der Waals surface area (Å²) in [5.41, 5.74) is 0.932. The molecule has 0 aliphatic heterocycles. The highest BCUT2D eigenvalue weighted by Gasteiger charge is 2.10. The lowest BCUT2D eigenvalue weighted by Gasteiger charge is -2.12. The molecule has 18 heavy (non-hydrogen) atoms. The van der Waals surface area contributed by atoms with E-state index >= 15 is 0 Å². The fourth-order valence-corrected chi connectivity index (χ4v) is 2.53. The molecule has 6 heteroatoms. The summed E-state index contributed by atoms with van der Waals surface area (Å²) in [7, 11) is 0. The van der Waals surface area contributed by atoms with E-state index < -0.39 is 0 Å². The molecule has 1 aromatic rings. The van der Waals surface area contributed by atoms with Gasteiger partial charge in [-0.05, 0) is 27.2 Å². The van der Waals surface area contributed by atoms with Crippen molar-refractivity contribution in [1.82, 2.24) is 9.88 Å². The first-order valence-electron chi connectivity index (χ1n) is 6.02. The van der Waals surface area contributed by atoms with E-state index in [9.17, 15) is 9.59 Å². The fourth-order valence-electron chi connectivity index (χ4n) is 1.67. The molecule has 0 bridgehead atoms. The van der Waals surface area contributed by atoms with Crippen LogP contribution in [0.5, 0.6) is 0 Å². The van der Waals surface area contributed by atoms with Crippen LogP contribution in [0.2, 0.25) is 0 Å². The Hall–Kier alpha value is -1.14. The number of carbonyl (C=O) groups is 1. The van der Waals surface area contributed by atoms with Crippen molar-refractivity contribution in [3.8, 4) is 0 Å². The van der Waals surface area contributed by atoms with Crippen LogP contribution in [0.15, 0.2) is 4.79 Å². The van der Waals surface area contributed by atoms with Gasteiger partial charge >= 0.3 is 4.87 Å². The van der Waals surface area contributed by atoms with Crippen molar-refractivity contribution in [2.45, 2.75) is 46.2 Å². The second kappa shape index (κ2) is 6.70. The molecule has 0 saturated heterocycles. The molecule has 0 fully saturated rings. The van der Waals surface area contributed by atoms with Crippen molar-refractivity contribution in [3.05, 3.63) is 20.2 Å².